The van der Waals surface area contributed by atoms with Gasteiger partial charge in [-0.15, -0.1) is 0 Å². The number of benzene rings is 1. The zero-order valence-corrected chi connectivity index (χ0v) is 10.4. The molecule has 3 rings (SSSR count). The van der Waals surface area contributed by atoms with Crippen LogP contribution < -0.4 is 0 Å². The summed E-state index contributed by atoms with van der Waals surface area (Å²) in [7, 11) is 0. The predicted molar refractivity (Wildman–Crippen MR) is 65.7 cm³/mol. The molecule has 1 heterocycles. The van der Waals surface area contributed by atoms with E-state index in [1.54, 1.807) is 0 Å². The Labute approximate surface area is 97.8 Å². The van der Waals surface area contributed by atoms with E-state index < -0.39 is 0 Å². The predicted octanol–water partition coefficient (Wildman–Crippen LogP) is 3.37. The standard InChI is InChI=1S/C15H20O/c1-10-4-5-13(6-11(10)2)15(3)7-12(8-15)14-9-16-14/h4-6,12,14H,7-9H2,1-3H3. The van der Waals surface area contributed by atoms with Crippen LogP contribution in [0.2, 0.25) is 0 Å². The summed E-state index contributed by atoms with van der Waals surface area (Å²) in [6.07, 6.45) is 3.21. The third-order valence-electron chi connectivity index (χ3n) is 4.51. The quantitative estimate of drug-likeness (QED) is 0.690. The Kier molecular flexibility index (Phi) is 2.16. The molecular weight excluding hydrogens is 196 g/mol. The summed E-state index contributed by atoms with van der Waals surface area (Å²) in [6, 6.07) is 6.95. The van der Waals surface area contributed by atoms with Crippen LogP contribution in [0.25, 0.3) is 0 Å². The molecule has 0 radical (unpaired) electrons. The molecule has 16 heavy (non-hydrogen) atoms. The Bertz CT molecular complexity index is 411. The molecule has 2 fully saturated rings. The van der Waals surface area contributed by atoms with E-state index in [1.165, 1.54) is 29.5 Å². The van der Waals surface area contributed by atoms with Crippen molar-refractivity contribution in [3.05, 3.63) is 34.9 Å². The second kappa shape index (κ2) is 3.33. The molecular formula is C15H20O. The van der Waals surface area contributed by atoms with Gasteiger partial charge in [-0.05, 0) is 54.7 Å². The third-order valence-corrected chi connectivity index (χ3v) is 4.51. The van der Waals surface area contributed by atoms with E-state index in [1.807, 2.05) is 0 Å². The molecule has 1 aliphatic heterocycles. The Morgan fingerprint density at radius 2 is 1.88 bits per heavy atom. The monoisotopic (exact) mass is 216 g/mol. The first kappa shape index (κ1) is 10.3. The van der Waals surface area contributed by atoms with Crippen molar-refractivity contribution in [1.29, 1.82) is 0 Å². The molecule has 1 aliphatic carbocycles. The van der Waals surface area contributed by atoms with Crippen molar-refractivity contribution in [2.24, 2.45) is 5.92 Å². The Hall–Kier alpha value is -0.820. The molecule has 1 atom stereocenters. The zero-order valence-electron chi connectivity index (χ0n) is 10.4. The largest absolute Gasteiger partial charge is 0.373 e. The van der Waals surface area contributed by atoms with Crippen molar-refractivity contribution in [3.63, 3.8) is 0 Å². The van der Waals surface area contributed by atoms with Crippen LogP contribution in [-0.2, 0) is 10.2 Å². The van der Waals surface area contributed by atoms with Gasteiger partial charge in [-0.3, -0.25) is 0 Å². The molecule has 0 aromatic heterocycles. The normalized spacial score (nSPS) is 36.9. The second-order valence-corrected chi connectivity index (χ2v) is 5.90. The van der Waals surface area contributed by atoms with Gasteiger partial charge in [-0.1, -0.05) is 25.1 Å². The fourth-order valence-corrected chi connectivity index (χ4v) is 3.04. The van der Waals surface area contributed by atoms with Crippen LogP contribution in [0.3, 0.4) is 0 Å². The zero-order chi connectivity index (χ0) is 11.3. The summed E-state index contributed by atoms with van der Waals surface area (Å²) >= 11 is 0. The first-order chi connectivity index (χ1) is 7.58. The Morgan fingerprint density at radius 1 is 1.19 bits per heavy atom. The minimum Gasteiger partial charge on any atom is -0.373 e. The van der Waals surface area contributed by atoms with Crippen molar-refractivity contribution >= 4 is 0 Å². The van der Waals surface area contributed by atoms with E-state index in [2.05, 4.69) is 39.0 Å². The third kappa shape index (κ3) is 1.58. The number of hydrogen-bond acceptors (Lipinski definition) is 1. The van der Waals surface area contributed by atoms with Crippen molar-refractivity contribution < 1.29 is 4.74 Å². The molecule has 1 aromatic carbocycles. The van der Waals surface area contributed by atoms with Crippen LogP contribution in [0.1, 0.15) is 36.5 Å². The molecule has 1 saturated heterocycles. The number of hydrogen-bond donors (Lipinski definition) is 0. The van der Waals surface area contributed by atoms with Gasteiger partial charge in [0.1, 0.15) is 0 Å². The minimum atomic E-state index is 0.412. The maximum atomic E-state index is 5.38. The maximum absolute atomic E-state index is 5.38. The summed E-state index contributed by atoms with van der Waals surface area (Å²) < 4.78 is 5.38. The van der Waals surface area contributed by atoms with Crippen LogP contribution in [0.4, 0.5) is 0 Å². The minimum absolute atomic E-state index is 0.412. The van der Waals surface area contributed by atoms with Crippen molar-refractivity contribution in [2.45, 2.75) is 45.1 Å². The van der Waals surface area contributed by atoms with E-state index in [-0.39, 0.29) is 0 Å². The van der Waals surface area contributed by atoms with Gasteiger partial charge in [-0.2, -0.15) is 0 Å². The second-order valence-electron chi connectivity index (χ2n) is 5.90. The van der Waals surface area contributed by atoms with Crippen LogP contribution in [0.15, 0.2) is 18.2 Å². The Morgan fingerprint density at radius 3 is 2.44 bits per heavy atom. The first-order valence-corrected chi connectivity index (χ1v) is 6.28. The van der Waals surface area contributed by atoms with Gasteiger partial charge in [0.2, 0.25) is 0 Å². The summed E-state index contributed by atoms with van der Waals surface area (Å²) in [5, 5.41) is 0. The number of epoxide rings is 1. The molecule has 0 bridgehead atoms. The smallest absolute Gasteiger partial charge is 0.0838 e. The molecule has 1 unspecified atom stereocenters. The molecule has 0 spiro atoms. The summed E-state index contributed by atoms with van der Waals surface area (Å²) in [4.78, 5) is 0. The lowest BCUT2D eigenvalue weighted by atomic mass is 9.59. The van der Waals surface area contributed by atoms with Gasteiger partial charge in [0.25, 0.3) is 0 Å². The average molecular weight is 216 g/mol. The van der Waals surface area contributed by atoms with Gasteiger partial charge in [-0.25, -0.2) is 0 Å². The highest BCUT2D eigenvalue weighted by molar-refractivity contribution is 5.36. The van der Waals surface area contributed by atoms with Crippen molar-refractivity contribution in [2.75, 3.05) is 6.61 Å². The van der Waals surface area contributed by atoms with Gasteiger partial charge < -0.3 is 4.74 Å². The summed E-state index contributed by atoms with van der Waals surface area (Å²) in [5.41, 5.74) is 4.75. The van der Waals surface area contributed by atoms with Crippen LogP contribution in [0, 0.1) is 19.8 Å². The van der Waals surface area contributed by atoms with Gasteiger partial charge in [0, 0.05) is 0 Å². The topological polar surface area (TPSA) is 12.5 Å². The van der Waals surface area contributed by atoms with E-state index >= 15 is 0 Å². The fraction of sp³-hybridized carbons (Fsp3) is 0.600. The lowest BCUT2D eigenvalue weighted by Crippen LogP contribution is -2.41. The van der Waals surface area contributed by atoms with Gasteiger partial charge in [0.15, 0.2) is 0 Å². The maximum Gasteiger partial charge on any atom is 0.0838 e. The highest BCUT2D eigenvalue weighted by Crippen LogP contribution is 2.51. The molecule has 2 aliphatic rings. The number of rotatable bonds is 2. The Balaban J connectivity index is 1.79. The molecule has 1 saturated carbocycles. The van der Waals surface area contributed by atoms with E-state index in [0.717, 1.165) is 12.5 Å². The fourth-order valence-electron chi connectivity index (χ4n) is 3.04. The average Bonchev–Trinajstić information content (AvgIpc) is 3.01. The highest BCUT2D eigenvalue weighted by Gasteiger charge is 2.48. The van der Waals surface area contributed by atoms with Crippen LogP contribution >= 0.6 is 0 Å². The summed E-state index contributed by atoms with van der Waals surface area (Å²) in [6.45, 7) is 7.80. The lowest BCUT2D eigenvalue weighted by Gasteiger charge is -2.45. The molecule has 1 heteroatoms. The number of aryl methyl sites for hydroxylation is 2. The van der Waals surface area contributed by atoms with Gasteiger partial charge >= 0.3 is 0 Å². The molecule has 86 valence electrons. The van der Waals surface area contributed by atoms with E-state index in [4.69, 9.17) is 4.74 Å². The molecule has 1 aromatic rings. The lowest BCUT2D eigenvalue weighted by molar-refractivity contribution is 0.125. The highest BCUT2D eigenvalue weighted by atomic mass is 16.6. The number of ether oxygens (including phenoxy) is 1. The molecule has 1 nitrogen and oxygen atoms in total. The van der Waals surface area contributed by atoms with Crippen LogP contribution in [-0.4, -0.2) is 12.7 Å². The molecule has 0 amide bonds. The van der Waals surface area contributed by atoms with Crippen molar-refractivity contribution in [1.82, 2.24) is 0 Å². The molecule has 0 N–H and O–H groups in total. The van der Waals surface area contributed by atoms with E-state index in [9.17, 15) is 0 Å². The van der Waals surface area contributed by atoms with Gasteiger partial charge in [0.05, 0.1) is 12.7 Å². The van der Waals surface area contributed by atoms with Crippen molar-refractivity contribution in [3.8, 4) is 0 Å². The van der Waals surface area contributed by atoms with E-state index in [0.29, 0.717) is 11.5 Å². The van der Waals surface area contributed by atoms with Crippen LogP contribution in [0.5, 0.6) is 0 Å². The first-order valence-electron chi connectivity index (χ1n) is 6.28. The SMILES string of the molecule is Cc1ccc(C2(C)CC(C3CO3)C2)cc1C. The summed E-state index contributed by atoms with van der Waals surface area (Å²) in [5.74, 6) is 0.826.